The fourth-order valence-electron chi connectivity index (χ4n) is 3.26. The molecule has 3 rings (SSSR count). The molecule has 1 atom stereocenters. The number of alkyl halides is 3. The summed E-state index contributed by atoms with van der Waals surface area (Å²) in [7, 11) is 0. The summed E-state index contributed by atoms with van der Waals surface area (Å²) in [5, 5.41) is 9.21. The van der Waals surface area contributed by atoms with Crippen LogP contribution in [0, 0.1) is 0 Å². The van der Waals surface area contributed by atoms with Gasteiger partial charge in [0.25, 0.3) is 0 Å². The molecule has 1 saturated heterocycles. The van der Waals surface area contributed by atoms with Crippen molar-refractivity contribution < 1.29 is 18.3 Å². The number of nitrogens with zero attached hydrogens (tertiary/aromatic N) is 3. The number of benzene rings is 1. The Labute approximate surface area is 168 Å². The quantitative estimate of drug-likeness (QED) is 0.784. The average Bonchev–Trinajstić information content (AvgIpc) is 2.68. The normalized spacial score (nSPS) is 15.9. The number of rotatable bonds is 5. The number of pyridine rings is 1. The van der Waals surface area contributed by atoms with Crippen LogP contribution in [-0.4, -0.2) is 48.9 Å². The number of aliphatic hydroxyl groups excluding tert-OH is 1. The number of hydrogen-bond donors (Lipinski definition) is 2. The van der Waals surface area contributed by atoms with Gasteiger partial charge in [-0.25, -0.2) is 4.98 Å². The van der Waals surface area contributed by atoms with Crippen molar-refractivity contribution >= 4 is 23.9 Å². The second-order valence-electron chi connectivity index (χ2n) is 6.65. The second-order valence-corrected chi connectivity index (χ2v) is 6.65. The van der Waals surface area contributed by atoms with E-state index in [9.17, 15) is 18.3 Å². The van der Waals surface area contributed by atoms with Crippen LogP contribution in [0.3, 0.4) is 0 Å². The van der Waals surface area contributed by atoms with Crippen molar-refractivity contribution in [1.29, 1.82) is 0 Å². The van der Waals surface area contributed by atoms with Gasteiger partial charge in [-0.2, -0.15) is 13.2 Å². The van der Waals surface area contributed by atoms with E-state index >= 15 is 0 Å². The van der Waals surface area contributed by atoms with Gasteiger partial charge in [-0.3, -0.25) is 0 Å². The number of hydrogen-bond acceptors (Lipinski definition) is 5. The highest BCUT2D eigenvalue weighted by Crippen LogP contribution is 2.30. The van der Waals surface area contributed by atoms with Crippen LogP contribution in [0.1, 0.15) is 11.1 Å². The SMILES string of the molecule is Cl.NC(CO)Cc1ccccc1N1CCN(c2ccc(C(F)(F)F)cn2)CC1. The van der Waals surface area contributed by atoms with E-state index in [0.29, 0.717) is 25.3 Å². The highest BCUT2D eigenvalue weighted by molar-refractivity contribution is 5.85. The molecular weight excluding hydrogens is 393 g/mol. The third-order valence-corrected chi connectivity index (χ3v) is 4.73. The van der Waals surface area contributed by atoms with Crippen LogP contribution in [0.25, 0.3) is 0 Å². The molecule has 1 aromatic heterocycles. The van der Waals surface area contributed by atoms with Gasteiger partial charge in [0.2, 0.25) is 0 Å². The third kappa shape index (κ3) is 5.27. The van der Waals surface area contributed by atoms with E-state index in [-0.39, 0.29) is 25.1 Å². The van der Waals surface area contributed by atoms with Crippen LogP contribution >= 0.6 is 12.4 Å². The zero-order chi connectivity index (χ0) is 19.4. The lowest BCUT2D eigenvalue weighted by Crippen LogP contribution is -2.47. The van der Waals surface area contributed by atoms with Crippen LogP contribution in [0.4, 0.5) is 24.7 Å². The number of halogens is 4. The molecule has 0 radical (unpaired) electrons. The van der Waals surface area contributed by atoms with Crippen molar-refractivity contribution in [3.05, 3.63) is 53.7 Å². The van der Waals surface area contributed by atoms with Crippen molar-refractivity contribution in [2.24, 2.45) is 5.73 Å². The standard InChI is InChI=1S/C19H23F3N4O.ClH/c20-19(21,22)15-5-6-18(24-12-15)26-9-7-25(8-10-26)17-4-2-1-3-14(17)11-16(23)13-27;/h1-6,12,16,27H,7-11,13,23H2;1H. The highest BCUT2D eigenvalue weighted by Gasteiger charge is 2.31. The lowest BCUT2D eigenvalue weighted by Gasteiger charge is -2.37. The van der Waals surface area contributed by atoms with Crippen LogP contribution < -0.4 is 15.5 Å². The molecule has 0 spiro atoms. The lowest BCUT2D eigenvalue weighted by molar-refractivity contribution is -0.137. The third-order valence-electron chi connectivity index (χ3n) is 4.73. The van der Waals surface area contributed by atoms with E-state index in [4.69, 9.17) is 5.73 Å². The predicted octanol–water partition coefficient (Wildman–Crippen LogP) is 2.71. The number of nitrogens with two attached hydrogens (primary N) is 1. The van der Waals surface area contributed by atoms with Gasteiger partial charge >= 0.3 is 6.18 Å². The van der Waals surface area contributed by atoms with Crippen molar-refractivity contribution in [2.75, 3.05) is 42.6 Å². The molecule has 1 unspecified atom stereocenters. The first-order valence-corrected chi connectivity index (χ1v) is 8.86. The van der Waals surface area contributed by atoms with Gasteiger partial charge < -0.3 is 20.6 Å². The monoisotopic (exact) mass is 416 g/mol. The molecule has 28 heavy (non-hydrogen) atoms. The fourth-order valence-corrected chi connectivity index (χ4v) is 3.26. The summed E-state index contributed by atoms with van der Waals surface area (Å²) in [6.07, 6.45) is -2.90. The van der Waals surface area contributed by atoms with Gasteiger partial charge in [0.15, 0.2) is 0 Å². The summed E-state index contributed by atoms with van der Waals surface area (Å²) < 4.78 is 38.0. The second kappa shape index (κ2) is 9.45. The summed E-state index contributed by atoms with van der Waals surface area (Å²) >= 11 is 0. The fraction of sp³-hybridized carbons (Fsp3) is 0.421. The van der Waals surface area contributed by atoms with Crippen LogP contribution in [-0.2, 0) is 12.6 Å². The summed E-state index contributed by atoms with van der Waals surface area (Å²) in [4.78, 5) is 8.20. The first kappa shape index (κ1) is 22.3. The zero-order valence-electron chi connectivity index (χ0n) is 15.3. The first-order valence-electron chi connectivity index (χ1n) is 8.86. The predicted molar refractivity (Wildman–Crippen MR) is 106 cm³/mol. The molecule has 1 aromatic carbocycles. The Bertz CT molecular complexity index is 750. The van der Waals surface area contributed by atoms with Crippen molar-refractivity contribution in [2.45, 2.75) is 18.6 Å². The molecule has 0 aliphatic carbocycles. The van der Waals surface area contributed by atoms with Gasteiger partial charge in [-0.05, 0) is 30.2 Å². The molecule has 9 heteroatoms. The van der Waals surface area contributed by atoms with E-state index in [0.717, 1.165) is 36.6 Å². The van der Waals surface area contributed by atoms with Crippen molar-refractivity contribution in [1.82, 2.24) is 4.98 Å². The summed E-state index contributed by atoms with van der Waals surface area (Å²) in [5.41, 5.74) is 7.31. The Morgan fingerprint density at radius 3 is 2.25 bits per heavy atom. The lowest BCUT2D eigenvalue weighted by atomic mass is 10.0. The first-order chi connectivity index (χ1) is 12.9. The molecule has 0 bridgehead atoms. The van der Waals surface area contributed by atoms with Gasteiger partial charge in [-0.1, -0.05) is 18.2 Å². The molecule has 3 N–H and O–H groups in total. The molecular formula is C19H24ClF3N4O. The smallest absolute Gasteiger partial charge is 0.395 e. The molecule has 1 aliphatic heterocycles. The van der Waals surface area contributed by atoms with Gasteiger partial charge in [0.05, 0.1) is 12.2 Å². The molecule has 1 aliphatic rings. The Hall–Kier alpha value is -2.03. The van der Waals surface area contributed by atoms with E-state index in [1.54, 1.807) is 0 Å². The molecule has 0 amide bonds. The Kier molecular flexibility index (Phi) is 7.51. The van der Waals surface area contributed by atoms with E-state index < -0.39 is 11.7 Å². The summed E-state index contributed by atoms with van der Waals surface area (Å²) in [6, 6.07) is 10.1. The van der Waals surface area contributed by atoms with Crippen molar-refractivity contribution in [3.8, 4) is 0 Å². The Balaban J connectivity index is 0.00000280. The Morgan fingerprint density at radius 1 is 1.04 bits per heavy atom. The van der Waals surface area contributed by atoms with Crippen LogP contribution in [0.5, 0.6) is 0 Å². The number of aromatic nitrogens is 1. The highest BCUT2D eigenvalue weighted by atomic mass is 35.5. The molecule has 1 fully saturated rings. The zero-order valence-corrected chi connectivity index (χ0v) is 16.1. The van der Waals surface area contributed by atoms with Gasteiger partial charge in [0, 0.05) is 44.1 Å². The minimum Gasteiger partial charge on any atom is -0.395 e. The molecule has 2 aromatic rings. The molecule has 2 heterocycles. The minimum atomic E-state index is -4.37. The van der Waals surface area contributed by atoms with E-state index in [1.165, 1.54) is 6.07 Å². The average molecular weight is 417 g/mol. The minimum absolute atomic E-state index is 0. The number of para-hydroxylation sites is 1. The number of piperazine rings is 1. The Morgan fingerprint density at radius 2 is 1.68 bits per heavy atom. The van der Waals surface area contributed by atoms with Crippen molar-refractivity contribution in [3.63, 3.8) is 0 Å². The maximum atomic E-state index is 12.7. The topological polar surface area (TPSA) is 65.6 Å². The maximum absolute atomic E-state index is 12.7. The molecule has 0 saturated carbocycles. The number of aliphatic hydroxyl groups is 1. The molecule has 154 valence electrons. The molecule has 5 nitrogen and oxygen atoms in total. The summed E-state index contributed by atoms with van der Waals surface area (Å²) in [6.45, 7) is 2.72. The van der Waals surface area contributed by atoms with E-state index in [2.05, 4.69) is 9.88 Å². The van der Waals surface area contributed by atoms with E-state index in [1.807, 2.05) is 29.2 Å². The maximum Gasteiger partial charge on any atom is 0.417 e. The van der Waals surface area contributed by atoms with Gasteiger partial charge in [0.1, 0.15) is 5.82 Å². The van der Waals surface area contributed by atoms with Crippen LogP contribution in [0.15, 0.2) is 42.6 Å². The van der Waals surface area contributed by atoms with Gasteiger partial charge in [-0.15, -0.1) is 12.4 Å². The largest absolute Gasteiger partial charge is 0.417 e. The van der Waals surface area contributed by atoms with Crippen LogP contribution in [0.2, 0.25) is 0 Å². The number of anilines is 2. The summed E-state index contributed by atoms with van der Waals surface area (Å²) in [5.74, 6) is 0.554.